The average molecular weight is 314 g/mol. The molecule has 0 unspecified atom stereocenters. The van der Waals surface area contributed by atoms with Crippen molar-refractivity contribution in [3.8, 4) is 5.75 Å². The van der Waals surface area contributed by atoms with Gasteiger partial charge in [0.05, 0.1) is 12.4 Å². The summed E-state index contributed by atoms with van der Waals surface area (Å²) >= 11 is 0. The summed E-state index contributed by atoms with van der Waals surface area (Å²) in [5.74, 6) is 0.736. The van der Waals surface area contributed by atoms with Gasteiger partial charge in [-0.25, -0.2) is 0 Å². The number of fused-ring (bicyclic) bond motifs is 1. The first-order valence-corrected chi connectivity index (χ1v) is 8.33. The van der Waals surface area contributed by atoms with Crippen molar-refractivity contribution in [1.29, 1.82) is 0 Å². The summed E-state index contributed by atoms with van der Waals surface area (Å²) in [5.41, 5.74) is 3.07. The second-order valence-corrected chi connectivity index (χ2v) is 6.56. The van der Waals surface area contributed by atoms with Gasteiger partial charge in [-0.3, -0.25) is 4.57 Å². The van der Waals surface area contributed by atoms with Crippen LogP contribution in [0, 0.1) is 0 Å². The molecule has 0 heterocycles. The van der Waals surface area contributed by atoms with E-state index in [2.05, 4.69) is 0 Å². The minimum atomic E-state index is -4.34. The smallest absolute Gasteiger partial charge is 0.356 e. The first kappa shape index (κ1) is 14.8. The van der Waals surface area contributed by atoms with Gasteiger partial charge in [-0.15, -0.1) is 0 Å². The maximum Gasteiger partial charge on any atom is 0.356 e. The molecule has 112 valence electrons. The molecule has 2 N–H and O–H groups in total. The highest BCUT2D eigenvalue weighted by molar-refractivity contribution is 7.57. The van der Waals surface area contributed by atoms with Gasteiger partial charge in [-0.2, -0.15) is 0 Å². The van der Waals surface area contributed by atoms with Gasteiger partial charge in [0.1, 0.15) is 5.75 Å². The van der Waals surface area contributed by atoms with Gasteiger partial charge in [0, 0.05) is 0 Å². The van der Waals surface area contributed by atoms with Gasteiger partial charge in [-0.1, -0.05) is 36.4 Å². The van der Waals surface area contributed by atoms with Crippen LogP contribution in [0.3, 0.4) is 0 Å². The van der Waals surface area contributed by atoms with E-state index in [1.54, 1.807) is 19.3 Å². The van der Waals surface area contributed by atoms with E-state index in [0.29, 0.717) is 5.57 Å². The van der Waals surface area contributed by atoms with Gasteiger partial charge in [-0.05, 0) is 46.5 Å². The zero-order chi connectivity index (χ0) is 15.7. The van der Waals surface area contributed by atoms with Crippen molar-refractivity contribution in [2.24, 2.45) is 0 Å². The van der Waals surface area contributed by atoms with E-state index in [1.165, 1.54) is 0 Å². The van der Waals surface area contributed by atoms with Crippen LogP contribution in [0.5, 0.6) is 5.75 Å². The van der Waals surface area contributed by atoms with Crippen LogP contribution in [0.15, 0.2) is 53.8 Å². The van der Waals surface area contributed by atoms with Crippen LogP contribution in [-0.2, 0) is 4.57 Å². The Labute approximate surface area is 128 Å². The van der Waals surface area contributed by atoms with E-state index in [-0.39, 0.29) is 5.31 Å². The summed E-state index contributed by atoms with van der Waals surface area (Å²) in [6.45, 7) is 0. The zero-order valence-electron chi connectivity index (χ0n) is 11.9. The van der Waals surface area contributed by atoms with Crippen molar-refractivity contribution in [2.45, 2.75) is 0 Å². The molecule has 2 aromatic carbocycles. The van der Waals surface area contributed by atoms with E-state index in [1.807, 2.05) is 48.5 Å². The molecule has 0 spiro atoms. The number of rotatable bonds is 3. The lowest BCUT2D eigenvalue weighted by Gasteiger charge is -2.09. The van der Waals surface area contributed by atoms with Crippen molar-refractivity contribution in [2.75, 3.05) is 7.11 Å². The molecule has 4 nitrogen and oxygen atoms in total. The lowest BCUT2D eigenvalue weighted by atomic mass is 10.0. The fourth-order valence-corrected chi connectivity index (χ4v) is 3.30. The molecule has 0 aromatic heterocycles. The van der Waals surface area contributed by atoms with Gasteiger partial charge in [0.25, 0.3) is 0 Å². The van der Waals surface area contributed by atoms with Crippen molar-refractivity contribution in [3.63, 3.8) is 0 Å². The lowest BCUT2D eigenvalue weighted by molar-refractivity contribution is 0.384. The number of ether oxygens (including phenoxy) is 1. The predicted octanol–water partition coefficient (Wildman–Crippen LogP) is 3.77. The number of hydrogen-bond acceptors (Lipinski definition) is 2. The molecule has 0 amide bonds. The zero-order valence-corrected chi connectivity index (χ0v) is 12.8. The van der Waals surface area contributed by atoms with Gasteiger partial charge >= 0.3 is 7.60 Å². The van der Waals surface area contributed by atoms with Crippen LogP contribution in [-0.4, -0.2) is 16.9 Å². The standard InChI is InChI=1S/C17H15O4P/c1-21-14-8-6-12(7-9-14)10-16-15-5-3-2-4-13(15)11-17(16)22(18,19)20/h2-11H,1H3,(H2,18,19,20). The third-order valence-electron chi connectivity index (χ3n) is 3.56. The maximum atomic E-state index is 11.8. The minimum absolute atomic E-state index is 0.0597. The summed E-state index contributed by atoms with van der Waals surface area (Å²) in [7, 11) is -2.74. The lowest BCUT2D eigenvalue weighted by Crippen LogP contribution is -1.88. The Morgan fingerprint density at radius 2 is 1.73 bits per heavy atom. The van der Waals surface area contributed by atoms with Crippen LogP contribution in [0.4, 0.5) is 0 Å². The van der Waals surface area contributed by atoms with E-state index >= 15 is 0 Å². The molecule has 0 atom stereocenters. The second-order valence-electron chi connectivity index (χ2n) is 4.99. The minimum Gasteiger partial charge on any atom is -0.497 e. The highest BCUT2D eigenvalue weighted by Crippen LogP contribution is 2.56. The Morgan fingerprint density at radius 3 is 2.36 bits per heavy atom. The van der Waals surface area contributed by atoms with E-state index in [0.717, 1.165) is 22.4 Å². The Kier molecular flexibility index (Phi) is 3.75. The Balaban J connectivity index is 2.11. The highest BCUT2D eigenvalue weighted by Gasteiger charge is 2.30. The van der Waals surface area contributed by atoms with Crippen LogP contribution in [0.25, 0.3) is 17.7 Å². The molecular formula is C17H15O4P. The van der Waals surface area contributed by atoms with Crippen LogP contribution >= 0.6 is 7.60 Å². The van der Waals surface area contributed by atoms with E-state index in [9.17, 15) is 14.4 Å². The van der Waals surface area contributed by atoms with E-state index < -0.39 is 7.60 Å². The Bertz CT molecular complexity index is 813. The molecule has 0 saturated heterocycles. The summed E-state index contributed by atoms with van der Waals surface area (Å²) in [4.78, 5) is 19.2. The SMILES string of the molecule is COc1ccc(C=C2C(P(=O)(O)O)=Cc3ccccc32)cc1. The number of benzene rings is 2. The topological polar surface area (TPSA) is 66.8 Å². The summed E-state index contributed by atoms with van der Waals surface area (Å²) in [6.07, 6.45) is 3.35. The first-order valence-electron chi connectivity index (χ1n) is 6.72. The number of methoxy groups -OCH3 is 1. The molecule has 22 heavy (non-hydrogen) atoms. The molecule has 5 heteroatoms. The largest absolute Gasteiger partial charge is 0.497 e. The highest BCUT2D eigenvalue weighted by atomic mass is 31.2. The van der Waals surface area contributed by atoms with Crippen molar-refractivity contribution < 1.29 is 19.1 Å². The molecule has 1 aliphatic rings. The predicted molar refractivity (Wildman–Crippen MR) is 87.3 cm³/mol. The third-order valence-corrected chi connectivity index (χ3v) is 4.56. The average Bonchev–Trinajstić information content (AvgIpc) is 2.87. The first-order chi connectivity index (χ1) is 10.5. The molecule has 2 aromatic rings. The molecule has 0 bridgehead atoms. The van der Waals surface area contributed by atoms with Crippen molar-refractivity contribution in [3.05, 3.63) is 70.5 Å². The van der Waals surface area contributed by atoms with Crippen molar-refractivity contribution >= 4 is 25.3 Å². The molecular weight excluding hydrogens is 299 g/mol. The van der Waals surface area contributed by atoms with Crippen LogP contribution < -0.4 is 4.74 Å². The molecule has 0 radical (unpaired) electrons. The fraction of sp³-hybridized carbons (Fsp3) is 0.0588. The van der Waals surface area contributed by atoms with Crippen LogP contribution in [0.1, 0.15) is 16.7 Å². The van der Waals surface area contributed by atoms with Gasteiger partial charge < -0.3 is 14.5 Å². The third kappa shape index (κ3) is 2.77. The van der Waals surface area contributed by atoms with E-state index in [4.69, 9.17) is 4.74 Å². The summed E-state index contributed by atoms with van der Waals surface area (Å²) in [6, 6.07) is 14.8. The fourth-order valence-electron chi connectivity index (χ4n) is 2.49. The second kappa shape index (κ2) is 5.58. The molecule has 0 saturated carbocycles. The van der Waals surface area contributed by atoms with Gasteiger partial charge in [0.2, 0.25) is 0 Å². The Morgan fingerprint density at radius 1 is 1.05 bits per heavy atom. The quantitative estimate of drug-likeness (QED) is 0.846. The number of allylic oxidation sites excluding steroid dienone is 2. The normalized spacial score (nSPS) is 15.6. The summed E-state index contributed by atoms with van der Waals surface area (Å²) in [5, 5.41) is 0.0597. The van der Waals surface area contributed by atoms with Crippen LogP contribution in [0.2, 0.25) is 0 Å². The molecule has 3 rings (SSSR count). The molecule has 0 aliphatic heterocycles. The van der Waals surface area contributed by atoms with Gasteiger partial charge in [0.15, 0.2) is 0 Å². The van der Waals surface area contributed by atoms with Crippen molar-refractivity contribution in [1.82, 2.24) is 0 Å². The number of hydrogen-bond donors (Lipinski definition) is 2. The Hall–Kier alpha value is -2.13. The monoisotopic (exact) mass is 314 g/mol. The summed E-state index contributed by atoms with van der Waals surface area (Å²) < 4.78 is 16.9. The molecule has 0 fully saturated rings. The molecule has 1 aliphatic carbocycles. The maximum absolute atomic E-state index is 11.8.